The van der Waals surface area contributed by atoms with Gasteiger partial charge in [-0.1, -0.05) is 6.92 Å². The summed E-state index contributed by atoms with van der Waals surface area (Å²) in [7, 11) is 6.45. The SMILES string of the molecule is CCC1(C(=O)OC)CN(C)CCC1=O.COC(=O)C1CN(C)CCC1=O. The molecule has 0 aromatic carbocycles. The monoisotopic (exact) mass is 370 g/mol. The topological polar surface area (TPSA) is 93.2 Å². The number of hydrogen-bond acceptors (Lipinski definition) is 8. The van der Waals surface area contributed by atoms with Crippen LogP contribution in [-0.2, 0) is 28.7 Å². The predicted molar refractivity (Wildman–Crippen MR) is 94.5 cm³/mol. The van der Waals surface area contributed by atoms with Crippen LogP contribution in [0, 0.1) is 11.3 Å². The third-order valence-electron chi connectivity index (χ3n) is 5.08. The number of likely N-dealkylation sites (tertiary alicyclic amines) is 2. The maximum Gasteiger partial charge on any atom is 0.320 e. The molecule has 0 saturated carbocycles. The number of Topliss-reactive ketones (excluding diaryl/α,β-unsaturated/α-hetero) is 2. The van der Waals surface area contributed by atoms with Crippen molar-refractivity contribution in [2.24, 2.45) is 11.3 Å². The van der Waals surface area contributed by atoms with E-state index in [2.05, 4.69) is 4.74 Å². The fourth-order valence-electron chi connectivity index (χ4n) is 3.32. The van der Waals surface area contributed by atoms with E-state index in [1.165, 1.54) is 14.2 Å². The standard InChI is InChI=1S/C10H17NO3.C8H13NO3/c1-4-10(9(13)14-3)7-11(2)6-5-8(10)12;1-9-4-3-7(10)6(5-9)8(11)12-2/h4-7H2,1-3H3;6H,3-5H2,1-2H3. The zero-order chi connectivity index (χ0) is 19.9. The molecule has 8 heteroatoms. The van der Waals surface area contributed by atoms with Crippen molar-refractivity contribution in [3.05, 3.63) is 0 Å². The van der Waals surface area contributed by atoms with Crippen molar-refractivity contribution in [2.75, 3.05) is 54.5 Å². The molecule has 2 unspecified atom stereocenters. The van der Waals surface area contributed by atoms with Gasteiger partial charge in [-0.05, 0) is 20.5 Å². The molecule has 26 heavy (non-hydrogen) atoms. The van der Waals surface area contributed by atoms with Gasteiger partial charge in [0.15, 0.2) is 5.78 Å². The van der Waals surface area contributed by atoms with Crippen LogP contribution in [0.4, 0.5) is 0 Å². The molecule has 0 N–H and O–H groups in total. The average molecular weight is 370 g/mol. The minimum atomic E-state index is -0.915. The lowest BCUT2D eigenvalue weighted by atomic mass is 9.76. The lowest BCUT2D eigenvalue weighted by Gasteiger charge is -2.36. The van der Waals surface area contributed by atoms with Crippen LogP contribution >= 0.6 is 0 Å². The Morgan fingerprint density at radius 1 is 1.08 bits per heavy atom. The van der Waals surface area contributed by atoms with Crippen LogP contribution in [0.5, 0.6) is 0 Å². The van der Waals surface area contributed by atoms with Gasteiger partial charge in [-0.2, -0.15) is 0 Å². The highest BCUT2D eigenvalue weighted by atomic mass is 16.5. The Labute approximate surface area is 154 Å². The summed E-state index contributed by atoms with van der Waals surface area (Å²) in [5.74, 6) is -1.35. The first kappa shape index (κ1) is 22.2. The van der Waals surface area contributed by atoms with Crippen LogP contribution in [-0.4, -0.2) is 87.8 Å². The Balaban J connectivity index is 0.000000263. The van der Waals surface area contributed by atoms with Gasteiger partial charge in [0, 0.05) is 39.0 Å². The summed E-state index contributed by atoms with van der Waals surface area (Å²) in [5, 5.41) is 0. The first-order chi connectivity index (χ1) is 12.2. The molecule has 0 aromatic rings. The molecule has 148 valence electrons. The molecule has 2 saturated heterocycles. The van der Waals surface area contributed by atoms with Gasteiger partial charge in [0.05, 0.1) is 14.2 Å². The third kappa shape index (κ3) is 5.11. The van der Waals surface area contributed by atoms with Crippen LogP contribution in [0.15, 0.2) is 0 Å². The number of piperidine rings is 2. The van der Waals surface area contributed by atoms with Gasteiger partial charge in [-0.25, -0.2) is 0 Å². The molecular formula is C18H30N2O6. The van der Waals surface area contributed by atoms with Gasteiger partial charge in [0.1, 0.15) is 17.1 Å². The number of ketones is 2. The zero-order valence-electron chi connectivity index (χ0n) is 16.4. The second-order valence-corrected chi connectivity index (χ2v) is 6.89. The summed E-state index contributed by atoms with van der Waals surface area (Å²) >= 11 is 0. The molecule has 0 amide bonds. The first-order valence-electron chi connectivity index (χ1n) is 8.81. The molecule has 8 nitrogen and oxygen atoms in total. The predicted octanol–water partition coefficient (Wildman–Crippen LogP) is 0.141. The lowest BCUT2D eigenvalue weighted by Crippen LogP contribution is -2.52. The molecule has 2 fully saturated rings. The number of ether oxygens (including phenoxy) is 2. The van der Waals surface area contributed by atoms with Crippen molar-refractivity contribution in [1.29, 1.82) is 0 Å². The van der Waals surface area contributed by atoms with Crippen molar-refractivity contribution in [3.8, 4) is 0 Å². The Morgan fingerprint density at radius 2 is 1.69 bits per heavy atom. The molecule has 0 bridgehead atoms. The Bertz CT molecular complexity index is 532. The fourth-order valence-corrected chi connectivity index (χ4v) is 3.32. The van der Waals surface area contributed by atoms with E-state index < -0.39 is 23.3 Å². The van der Waals surface area contributed by atoms with Gasteiger partial charge in [-0.3, -0.25) is 19.2 Å². The smallest absolute Gasteiger partial charge is 0.320 e. The quantitative estimate of drug-likeness (QED) is 0.512. The Morgan fingerprint density at radius 3 is 2.23 bits per heavy atom. The van der Waals surface area contributed by atoms with Crippen molar-refractivity contribution in [1.82, 2.24) is 9.80 Å². The van der Waals surface area contributed by atoms with Crippen molar-refractivity contribution < 1.29 is 28.7 Å². The molecule has 0 aliphatic carbocycles. The third-order valence-corrected chi connectivity index (χ3v) is 5.08. The van der Waals surface area contributed by atoms with Crippen molar-refractivity contribution >= 4 is 23.5 Å². The summed E-state index contributed by atoms with van der Waals surface area (Å²) in [6.45, 7) is 4.30. The number of hydrogen-bond donors (Lipinski definition) is 0. The molecule has 2 aliphatic rings. The van der Waals surface area contributed by atoms with Crippen LogP contribution in [0.3, 0.4) is 0 Å². The lowest BCUT2D eigenvalue weighted by molar-refractivity contribution is -0.162. The summed E-state index contributed by atoms with van der Waals surface area (Å²) in [5.41, 5.74) is -0.915. The second kappa shape index (κ2) is 9.78. The molecular weight excluding hydrogens is 340 g/mol. The van der Waals surface area contributed by atoms with Crippen molar-refractivity contribution in [2.45, 2.75) is 26.2 Å². The van der Waals surface area contributed by atoms with Crippen LogP contribution in [0.25, 0.3) is 0 Å². The minimum Gasteiger partial charge on any atom is -0.468 e. The number of carbonyl (C=O) groups is 4. The highest BCUT2D eigenvalue weighted by molar-refractivity contribution is 6.04. The molecule has 0 aromatic heterocycles. The molecule has 0 radical (unpaired) electrons. The van der Waals surface area contributed by atoms with E-state index in [9.17, 15) is 19.2 Å². The van der Waals surface area contributed by atoms with E-state index in [1.807, 2.05) is 30.8 Å². The number of carbonyl (C=O) groups excluding carboxylic acids is 4. The van der Waals surface area contributed by atoms with E-state index in [-0.39, 0.29) is 11.6 Å². The van der Waals surface area contributed by atoms with E-state index in [4.69, 9.17) is 4.74 Å². The number of methoxy groups -OCH3 is 2. The molecule has 0 spiro atoms. The number of nitrogens with zero attached hydrogens (tertiary/aromatic N) is 2. The van der Waals surface area contributed by atoms with Gasteiger partial charge in [0.2, 0.25) is 0 Å². The summed E-state index contributed by atoms with van der Waals surface area (Å²) in [6, 6.07) is 0. The molecule has 2 aliphatic heterocycles. The van der Waals surface area contributed by atoms with Gasteiger partial charge >= 0.3 is 11.9 Å². The Kier molecular flexibility index (Phi) is 8.36. The summed E-state index contributed by atoms with van der Waals surface area (Å²) in [4.78, 5) is 49.6. The van der Waals surface area contributed by atoms with E-state index in [0.29, 0.717) is 32.4 Å². The van der Waals surface area contributed by atoms with Gasteiger partial charge in [-0.15, -0.1) is 0 Å². The number of esters is 2. The maximum atomic E-state index is 11.8. The fraction of sp³-hybridized carbons (Fsp3) is 0.778. The molecule has 2 heterocycles. The maximum absolute atomic E-state index is 11.8. The van der Waals surface area contributed by atoms with Gasteiger partial charge in [0.25, 0.3) is 0 Å². The summed E-state index contributed by atoms with van der Waals surface area (Å²) < 4.78 is 9.24. The van der Waals surface area contributed by atoms with Crippen LogP contribution < -0.4 is 0 Å². The normalized spacial score (nSPS) is 27.3. The van der Waals surface area contributed by atoms with Crippen LogP contribution in [0.1, 0.15) is 26.2 Å². The number of rotatable bonds is 3. The molecule has 2 rings (SSSR count). The highest BCUT2D eigenvalue weighted by Crippen LogP contribution is 2.31. The summed E-state index contributed by atoms with van der Waals surface area (Å²) in [6.07, 6.45) is 1.42. The van der Waals surface area contributed by atoms with E-state index in [0.717, 1.165) is 13.1 Å². The largest absolute Gasteiger partial charge is 0.468 e. The van der Waals surface area contributed by atoms with E-state index >= 15 is 0 Å². The highest BCUT2D eigenvalue weighted by Gasteiger charge is 2.47. The first-order valence-corrected chi connectivity index (χ1v) is 8.81. The zero-order valence-corrected chi connectivity index (χ0v) is 16.4. The second-order valence-electron chi connectivity index (χ2n) is 6.89. The Hall–Kier alpha value is -1.80. The van der Waals surface area contributed by atoms with E-state index in [1.54, 1.807) is 0 Å². The minimum absolute atomic E-state index is 0.0000463. The van der Waals surface area contributed by atoms with Crippen LogP contribution in [0.2, 0.25) is 0 Å². The average Bonchev–Trinajstić information content (AvgIpc) is 2.64. The molecule has 2 atom stereocenters. The van der Waals surface area contributed by atoms with Gasteiger partial charge < -0.3 is 19.3 Å². The van der Waals surface area contributed by atoms with Crippen molar-refractivity contribution in [3.63, 3.8) is 0 Å².